The number of aromatic nitrogens is 3. The van der Waals surface area contributed by atoms with Crippen molar-refractivity contribution in [2.24, 2.45) is 7.05 Å². The number of carbonyl (C=O) groups excluding carboxylic acids is 1. The maximum Gasteiger partial charge on any atom is 0.252 e. The van der Waals surface area contributed by atoms with Crippen molar-refractivity contribution in [3.05, 3.63) is 58.1 Å². The van der Waals surface area contributed by atoms with Crippen molar-refractivity contribution in [3.63, 3.8) is 0 Å². The number of amides is 1. The van der Waals surface area contributed by atoms with E-state index in [0.29, 0.717) is 28.6 Å². The first-order chi connectivity index (χ1) is 11.1. The van der Waals surface area contributed by atoms with Crippen LogP contribution in [0.25, 0.3) is 11.0 Å². The van der Waals surface area contributed by atoms with Crippen molar-refractivity contribution < 1.29 is 4.79 Å². The summed E-state index contributed by atoms with van der Waals surface area (Å²) in [5.41, 5.74) is 2.27. The highest BCUT2D eigenvalue weighted by molar-refractivity contribution is 6.33. The Bertz CT molecular complexity index is 876. The van der Waals surface area contributed by atoms with Gasteiger partial charge in [-0.3, -0.25) is 9.78 Å². The average molecular weight is 349 g/mol. The number of hydrogen-bond acceptors (Lipinski definition) is 3. The van der Waals surface area contributed by atoms with Crippen LogP contribution in [0.2, 0.25) is 10.0 Å². The van der Waals surface area contributed by atoms with Crippen molar-refractivity contribution in [3.8, 4) is 0 Å². The van der Waals surface area contributed by atoms with E-state index in [9.17, 15) is 4.79 Å². The van der Waals surface area contributed by atoms with Crippen LogP contribution in [-0.2, 0) is 13.5 Å². The number of halogens is 2. The van der Waals surface area contributed by atoms with Crippen LogP contribution in [-0.4, -0.2) is 27.0 Å². The maximum absolute atomic E-state index is 12.1. The van der Waals surface area contributed by atoms with Crippen LogP contribution < -0.4 is 5.32 Å². The number of carbonyl (C=O) groups is 1. The number of nitrogens with zero attached hydrogens (tertiary/aromatic N) is 3. The summed E-state index contributed by atoms with van der Waals surface area (Å²) >= 11 is 11.9. The third-order valence-electron chi connectivity index (χ3n) is 3.59. The minimum atomic E-state index is -0.223. The second-order valence-electron chi connectivity index (χ2n) is 5.08. The molecule has 0 aliphatic carbocycles. The molecule has 1 N–H and O–H groups in total. The van der Waals surface area contributed by atoms with Crippen LogP contribution in [0.1, 0.15) is 16.2 Å². The number of nitrogens with one attached hydrogen (secondary N) is 1. The molecule has 0 aliphatic rings. The van der Waals surface area contributed by atoms with Gasteiger partial charge in [-0.1, -0.05) is 23.2 Å². The fraction of sp³-hybridized carbons (Fsp3) is 0.188. The Hall–Kier alpha value is -2.11. The van der Waals surface area contributed by atoms with Gasteiger partial charge in [0.1, 0.15) is 5.82 Å². The van der Waals surface area contributed by atoms with Crippen molar-refractivity contribution in [1.29, 1.82) is 0 Å². The minimum absolute atomic E-state index is 0.223. The lowest BCUT2D eigenvalue weighted by Crippen LogP contribution is -2.26. The molecule has 1 aromatic carbocycles. The van der Waals surface area contributed by atoms with E-state index >= 15 is 0 Å². The lowest BCUT2D eigenvalue weighted by molar-refractivity contribution is 0.0954. The van der Waals surface area contributed by atoms with Crippen LogP contribution in [0.4, 0.5) is 0 Å². The standard InChI is InChI=1S/C16H14Cl2N4O/c1-22-14-3-2-10(17)8-13(14)21-15(22)5-7-20-16(23)11-4-6-19-9-12(11)18/h2-4,6,8-9H,5,7H2,1H3,(H,20,23). The van der Waals surface area contributed by atoms with Crippen molar-refractivity contribution in [2.75, 3.05) is 6.54 Å². The number of aryl methyl sites for hydroxylation is 1. The Morgan fingerprint density at radius 1 is 1.30 bits per heavy atom. The second-order valence-corrected chi connectivity index (χ2v) is 5.93. The number of fused-ring (bicyclic) bond motifs is 1. The number of imidazole rings is 1. The molecule has 0 atom stereocenters. The van der Waals surface area contributed by atoms with Gasteiger partial charge in [-0.2, -0.15) is 0 Å². The fourth-order valence-electron chi connectivity index (χ4n) is 2.39. The van der Waals surface area contributed by atoms with Gasteiger partial charge in [-0.25, -0.2) is 4.98 Å². The highest BCUT2D eigenvalue weighted by atomic mass is 35.5. The van der Waals surface area contributed by atoms with E-state index < -0.39 is 0 Å². The van der Waals surface area contributed by atoms with E-state index in [4.69, 9.17) is 23.2 Å². The van der Waals surface area contributed by atoms with Gasteiger partial charge in [0.05, 0.1) is 21.6 Å². The van der Waals surface area contributed by atoms with E-state index in [0.717, 1.165) is 16.9 Å². The zero-order valence-electron chi connectivity index (χ0n) is 12.4. The molecule has 2 heterocycles. The number of benzene rings is 1. The first-order valence-electron chi connectivity index (χ1n) is 7.05. The quantitative estimate of drug-likeness (QED) is 0.787. The molecule has 7 heteroatoms. The Kier molecular flexibility index (Phi) is 4.50. The topological polar surface area (TPSA) is 59.8 Å². The summed E-state index contributed by atoms with van der Waals surface area (Å²) in [5.74, 6) is 0.655. The normalized spacial score (nSPS) is 10.9. The SMILES string of the molecule is Cn1c(CCNC(=O)c2ccncc2Cl)nc2cc(Cl)ccc21. The molecule has 2 aromatic heterocycles. The number of hydrogen-bond donors (Lipinski definition) is 1. The first-order valence-corrected chi connectivity index (χ1v) is 7.80. The van der Waals surface area contributed by atoms with Crippen molar-refractivity contribution >= 4 is 40.1 Å². The first kappa shape index (κ1) is 15.8. The zero-order chi connectivity index (χ0) is 16.4. The van der Waals surface area contributed by atoms with E-state index in [1.807, 2.05) is 29.8 Å². The Labute approximate surface area is 143 Å². The van der Waals surface area contributed by atoms with Crippen LogP contribution in [0.3, 0.4) is 0 Å². The molecule has 0 radical (unpaired) electrons. The second kappa shape index (κ2) is 6.56. The summed E-state index contributed by atoms with van der Waals surface area (Å²) in [5, 5.41) is 3.83. The predicted octanol–water partition coefficient (Wildman–Crippen LogP) is 3.25. The van der Waals surface area contributed by atoms with E-state index in [1.165, 1.54) is 12.4 Å². The Balaban J connectivity index is 1.68. The van der Waals surface area contributed by atoms with Gasteiger partial charge in [-0.05, 0) is 24.3 Å². The van der Waals surface area contributed by atoms with Gasteiger partial charge < -0.3 is 9.88 Å². The lowest BCUT2D eigenvalue weighted by atomic mass is 10.2. The molecular weight excluding hydrogens is 335 g/mol. The summed E-state index contributed by atoms with van der Waals surface area (Å²) in [6.45, 7) is 0.461. The highest BCUT2D eigenvalue weighted by Gasteiger charge is 2.11. The molecule has 0 spiro atoms. The third-order valence-corrected chi connectivity index (χ3v) is 4.12. The molecule has 0 saturated carbocycles. The molecule has 0 aliphatic heterocycles. The summed E-state index contributed by atoms with van der Waals surface area (Å²) in [4.78, 5) is 20.5. The van der Waals surface area contributed by atoms with Gasteiger partial charge in [0.15, 0.2) is 0 Å². The smallest absolute Gasteiger partial charge is 0.252 e. The van der Waals surface area contributed by atoms with Gasteiger partial charge in [0.25, 0.3) is 5.91 Å². The molecule has 23 heavy (non-hydrogen) atoms. The Morgan fingerprint density at radius 3 is 2.91 bits per heavy atom. The molecule has 0 saturated heterocycles. The molecule has 0 unspecified atom stereocenters. The Morgan fingerprint density at radius 2 is 2.13 bits per heavy atom. The van der Waals surface area contributed by atoms with Gasteiger partial charge >= 0.3 is 0 Å². The molecule has 5 nitrogen and oxygen atoms in total. The number of pyridine rings is 1. The molecule has 3 rings (SSSR count). The maximum atomic E-state index is 12.1. The van der Waals surface area contributed by atoms with Gasteiger partial charge in [0.2, 0.25) is 0 Å². The summed E-state index contributed by atoms with van der Waals surface area (Å²) < 4.78 is 2.00. The average Bonchev–Trinajstić information content (AvgIpc) is 2.83. The third kappa shape index (κ3) is 3.30. The lowest BCUT2D eigenvalue weighted by Gasteiger charge is -2.06. The van der Waals surface area contributed by atoms with Crippen LogP contribution in [0, 0.1) is 0 Å². The highest BCUT2D eigenvalue weighted by Crippen LogP contribution is 2.19. The van der Waals surface area contributed by atoms with Crippen molar-refractivity contribution in [2.45, 2.75) is 6.42 Å². The molecule has 118 valence electrons. The minimum Gasteiger partial charge on any atom is -0.352 e. The summed E-state index contributed by atoms with van der Waals surface area (Å²) in [6, 6.07) is 7.19. The molecule has 1 amide bonds. The van der Waals surface area contributed by atoms with Crippen LogP contribution in [0.15, 0.2) is 36.7 Å². The van der Waals surface area contributed by atoms with E-state index in [2.05, 4.69) is 15.3 Å². The van der Waals surface area contributed by atoms with E-state index in [-0.39, 0.29) is 5.91 Å². The predicted molar refractivity (Wildman–Crippen MR) is 91.0 cm³/mol. The van der Waals surface area contributed by atoms with Gasteiger partial charge in [-0.15, -0.1) is 0 Å². The molecule has 3 aromatic rings. The largest absolute Gasteiger partial charge is 0.352 e. The van der Waals surface area contributed by atoms with Crippen molar-refractivity contribution in [1.82, 2.24) is 19.9 Å². The van der Waals surface area contributed by atoms with E-state index in [1.54, 1.807) is 6.07 Å². The zero-order valence-corrected chi connectivity index (χ0v) is 13.9. The molecule has 0 bridgehead atoms. The summed E-state index contributed by atoms with van der Waals surface area (Å²) in [7, 11) is 1.94. The van der Waals surface area contributed by atoms with Crippen LogP contribution in [0.5, 0.6) is 0 Å². The van der Waals surface area contributed by atoms with Crippen LogP contribution >= 0.6 is 23.2 Å². The summed E-state index contributed by atoms with van der Waals surface area (Å²) in [6.07, 6.45) is 3.60. The monoisotopic (exact) mass is 348 g/mol. The number of rotatable bonds is 4. The molecular formula is C16H14Cl2N4O. The molecule has 0 fully saturated rings. The van der Waals surface area contributed by atoms with Gasteiger partial charge in [0, 0.05) is 37.4 Å². The fourth-order valence-corrected chi connectivity index (χ4v) is 2.76.